The summed E-state index contributed by atoms with van der Waals surface area (Å²) in [6.45, 7) is 20.0. The van der Waals surface area contributed by atoms with Crippen molar-refractivity contribution in [3.63, 3.8) is 0 Å². The first-order chi connectivity index (χ1) is 15.7. The molecule has 2 aliphatic heterocycles. The average molecular weight is 469 g/mol. The van der Waals surface area contributed by atoms with Crippen molar-refractivity contribution in [1.29, 1.82) is 0 Å². The lowest BCUT2D eigenvalue weighted by Gasteiger charge is -2.32. The van der Waals surface area contributed by atoms with Gasteiger partial charge in [0.2, 0.25) is 0 Å². The summed E-state index contributed by atoms with van der Waals surface area (Å²) >= 11 is 0. The summed E-state index contributed by atoms with van der Waals surface area (Å²) in [6.07, 6.45) is 3.17. The molecule has 2 aromatic heterocycles. The summed E-state index contributed by atoms with van der Waals surface area (Å²) < 4.78 is 20.4. The molecule has 34 heavy (non-hydrogen) atoms. The van der Waals surface area contributed by atoms with Crippen LogP contribution in [0.15, 0.2) is 12.1 Å². The zero-order valence-corrected chi connectivity index (χ0v) is 22.3. The second kappa shape index (κ2) is 8.56. The van der Waals surface area contributed by atoms with Gasteiger partial charge in [-0.15, -0.1) is 0 Å². The van der Waals surface area contributed by atoms with Crippen LogP contribution in [0, 0.1) is 0 Å². The fourth-order valence-corrected chi connectivity index (χ4v) is 4.75. The Labute approximate surface area is 204 Å². The Bertz CT molecular complexity index is 1060. The summed E-state index contributed by atoms with van der Waals surface area (Å²) in [4.78, 5) is 21.0. The summed E-state index contributed by atoms with van der Waals surface area (Å²) in [7, 11) is -0.706. The molecular weight excluding hydrogens is 429 g/mol. The number of pyridine rings is 1. The van der Waals surface area contributed by atoms with Crippen molar-refractivity contribution in [2.24, 2.45) is 0 Å². The minimum atomic E-state index is -0.706. The van der Waals surface area contributed by atoms with Crippen LogP contribution in [0.2, 0.25) is 0 Å². The first kappa shape index (κ1) is 25.1. The zero-order chi connectivity index (χ0) is 25.1. The fourth-order valence-electron chi connectivity index (χ4n) is 4.75. The average Bonchev–Trinajstić information content (AvgIpc) is 3.17. The van der Waals surface area contributed by atoms with E-state index in [9.17, 15) is 4.79 Å². The molecule has 186 valence electrons. The van der Waals surface area contributed by atoms with E-state index >= 15 is 0 Å². The number of anilines is 1. The Balaban J connectivity index is 1.94. The Kier molecular flexibility index (Phi) is 6.30. The maximum absolute atomic E-state index is 13.6. The summed E-state index contributed by atoms with van der Waals surface area (Å²) in [5.41, 5.74) is 1.48. The topological polar surface area (TPSA) is 65.8 Å². The van der Waals surface area contributed by atoms with Gasteiger partial charge < -0.3 is 18.9 Å². The van der Waals surface area contributed by atoms with Crippen molar-refractivity contribution in [1.82, 2.24) is 9.55 Å². The Morgan fingerprint density at radius 1 is 1.06 bits per heavy atom. The van der Waals surface area contributed by atoms with Gasteiger partial charge in [0.1, 0.15) is 11.4 Å². The summed E-state index contributed by atoms with van der Waals surface area (Å²) in [5, 5.41) is 0. The van der Waals surface area contributed by atoms with Crippen LogP contribution < -0.4 is 10.5 Å². The second-order valence-corrected chi connectivity index (χ2v) is 11.9. The molecule has 2 aliphatic rings. The molecule has 0 saturated carbocycles. The van der Waals surface area contributed by atoms with Crippen LogP contribution >= 0.6 is 0 Å². The largest absolute Gasteiger partial charge is 0.513 e. The van der Waals surface area contributed by atoms with Crippen LogP contribution in [0.1, 0.15) is 93.1 Å². The predicted octanol–water partition coefficient (Wildman–Crippen LogP) is 5.23. The lowest BCUT2D eigenvalue weighted by Crippen LogP contribution is -2.44. The van der Waals surface area contributed by atoms with Crippen LogP contribution in [-0.4, -0.2) is 52.7 Å². The lowest BCUT2D eigenvalue weighted by atomic mass is 9.78. The molecule has 0 N–H and O–H groups in total. The van der Waals surface area contributed by atoms with Crippen LogP contribution in [0.4, 0.5) is 10.6 Å². The highest BCUT2D eigenvalue weighted by Crippen LogP contribution is 2.38. The van der Waals surface area contributed by atoms with E-state index in [2.05, 4.69) is 18.7 Å². The molecule has 0 spiro atoms. The van der Waals surface area contributed by atoms with Crippen molar-refractivity contribution in [2.75, 3.05) is 18.0 Å². The van der Waals surface area contributed by atoms with Crippen LogP contribution in [-0.2, 0) is 14.0 Å². The monoisotopic (exact) mass is 469 g/mol. The van der Waals surface area contributed by atoms with Crippen molar-refractivity contribution in [3.05, 3.63) is 17.7 Å². The zero-order valence-electron chi connectivity index (χ0n) is 22.3. The highest BCUT2D eigenvalue weighted by molar-refractivity contribution is 6.63. The molecule has 2 aromatic rings. The minimum Gasteiger partial charge on any atom is -0.443 e. The van der Waals surface area contributed by atoms with Gasteiger partial charge in [0, 0.05) is 13.1 Å². The number of hydrogen-bond donors (Lipinski definition) is 0. The molecule has 0 radical (unpaired) electrons. The quantitative estimate of drug-likeness (QED) is 0.574. The molecule has 0 atom stereocenters. The first-order valence-electron chi connectivity index (χ1n) is 12.6. The standard InChI is InChI=1S/C26H40BN3O4/c1-17(2)20-21-18(13-14-19(28-21)29-15-11-10-12-16-29)30(23(31)32-24(3,4)5)22(20)27-33-25(6,7)26(8,9)34-27/h13-14,17H,10-12,15-16H2,1-9H3. The molecule has 4 rings (SSSR count). The van der Waals surface area contributed by atoms with Gasteiger partial charge in [0.05, 0.1) is 27.8 Å². The van der Waals surface area contributed by atoms with E-state index < -0.39 is 30.0 Å². The van der Waals surface area contributed by atoms with Gasteiger partial charge in [-0.05, 0) is 91.3 Å². The maximum Gasteiger partial charge on any atom is 0.513 e. The van der Waals surface area contributed by atoms with Crippen molar-refractivity contribution >= 4 is 35.7 Å². The number of carbonyl (C=O) groups excluding carboxylic acids is 1. The van der Waals surface area contributed by atoms with E-state index in [4.69, 9.17) is 19.0 Å². The first-order valence-corrected chi connectivity index (χ1v) is 12.6. The smallest absolute Gasteiger partial charge is 0.443 e. The van der Waals surface area contributed by atoms with E-state index in [-0.39, 0.29) is 5.92 Å². The van der Waals surface area contributed by atoms with Gasteiger partial charge in [0.15, 0.2) is 0 Å². The third-order valence-electron chi connectivity index (χ3n) is 7.18. The molecule has 0 bridgehead atoms. The molecule has 4 heterocycles. The third-order valence-corrected chi connectivity index (χ3v) is 7.18. The van der Waals surface area contributed by atoms with Crippen LogP contribution in [0.5, 0.6) is 0 Å². The number of aromatic nitrogens is 2. The highest BCUT2D eigenvalue weighted by atomic mass is 16.7. The molecule has 2 fully saturated rings. The molecule has 0 aliphatic carbocycles. The van der Waals surface area contributed by atoms with Gasteiger partial charge in [-0.2, -0.15) is 0 Å². The number of ether oxygens (including phenoxy) is 1. The molecule has 0 aromatic carbocycles. The third kappa shape index (κ3) is 4.47. The molecule has 0 amide bonds. The van der Waals surface area contributed by atoms with E-state index in [0.29, 0.717) is 5.59 Å². The number of piperidine rings is 1. The van der Waals surface area contributed by atoms with Gasteiger partial charge >= 0.3 is 13.2 Å². The number of fused-ring (bicyclic) bond motifs is 1. The molecule has 2 saturated heterocycles. The van der Waals surface area contributed by atoms with E-state index in [1.807, 2.05) is 60.6 Å². The fraction of sp³-hybridized carbons (Fsp3) is 0.692. The van der Waals surface area contributed by atoms with Gasteiger partial charge in [-0.25, -0.2) is 9.78 Å². The van der Waals surface area contributed by atoms with Crippen molar-refractivity contribution < 1.29 is 18.8 Å². The molecule has 0 unspecified atom stereocenters. The number of nitrogens with zero attached hydrogens (tertiary/aromatic N) is 3. The van der Waals surface area contributed by atoms with E-state index in [1.54, 1.807) is 4.57 Å². The Morgan fingerprint density at radius 3 is 2.18 bits per heavy atom. The SMILES string of the molecule is CC(C)c1c(B2OC(C)(C)C(C)(C)O2)n(C(=O)OC(C)(C)C)c2ccc(N3CCCCC3)nc12. The summed E-state index contributed by atoms with van der Waals surface area (Å²) in [6, 6.07) is 4.02. The normalized spacial score (nSPS) is 20.4. The summed E-state index contributed by atoms with van der Waals surface area (Å²) in [5.74, 6) is 1.06. The molecular formula is C26H40BN3O4. The number of carbonyl (C=O) groups is 1. The van der Waals surface area contributed by atoms with Gasteiger partial charge in [-0.1, -0.05) is 13.8 Å². The number of hydrogen-bond acceptors (Lipinski definition) is 6. The van der Waals surface area contributed by atoms with Crippen LogP contribution in [0.3, 0.4) is 0 Å². The van der Waals surface area contributed by atoms with Crippen molar-refractivity contribution in [2.45, 2.75) is 104 Å². The Morgan fingerprint density at radius 2 is 1.65 bits per heavy atom. The Hall–Kier alpha value is -2.06. The lowest BCUT2D eigenvalue weighted by molar-refractivity contribution is 0.00578. The van der Waals surface area contributed by atoms with Gasteiger partial charge in [0.25, 0.3) is 0 Å². The molecule has 7 nitrogen and oxygen atoms in total. The van der Waals surface area contributed by atoms with Crippen LogP contribution in [0.25, 0.3) is 11.0 Å². The van der Waals surface area contributed by atoms with Gasteiger partial charge in [-0.3, -0.25) is 4.57 Å². The van der Waals surface area contributed by atoms with E-state index in [0.717, 1.165) is 35.5 Å². The minimum absolute atomic E-state index is 0.101. The van der Waals surface area contributed by atoms with Crippen molar-refractivity contribution in [3.8, 4) is 0 Å². The predicted molar refractivity (Wildman–Crippen MR) is 137 cm³/mol. The molecule has 8 heteroatoms. The maximum atomic E-state index is 13.6. The number of rotatable bonds is 3. The van der Waals surface area contributed by atoms with E-state index in [1.165, 1.54) is 19.3 Å². The second-order valence-electron chi connectivity index (χ2n) is 11.9. The highest BCUT2D eigenvalue weighted by Gasteiger charge is 2.54.